The molecule has 104 valence electrons. The molecule has 0 aliphatic carbocycles. The fourth-order valence-corrected chi connectivity index (χ4v) is 2.23. The Labute approximate surface area is 126 Å². The molecule has 1 aromatic heterocycles. The first-order valence-electron chi connectivity index (χ1n) is 5.29. The zero-order chi connectivity index (χ0) is 14.9. The Morgan fingerprint density at radius 1 is 1.50 bits per heavy atom. The van der Waals surface area contributed by atoms with Crippen LogP contribution in [-0.2, 0) is 0 Å². The number of anilines is 3. The zero-order valence-electron chi connectivity index (χ0n) is 9.82. The average molecular weight is 361 g/mol. The Balaban J connectivity index is 2.52. The number of benzene rings is 1. The van der Waals surface area contributed by atoms with Crippen LogP contribution in [0.25, 0.3) is 0 Å². The van der Waals surface area contributed by atoms with Gasteiger partial charge in [0.25, 0.3) is 0 Å². The highest BCUT2D eigenvalue weighted by Gasteiger charge is 2.19. The van der Waals surface area contributed by atoms with Crippen molar-refractivity contribution in [3.63, 3.8) is 0 Å². The highest BCUT2D eigenvalue weighted by atomic mass is 79.9. The molecule has 0 saturated carbocycles. The zero-order valence-corrected chi connectivity index (χ0v) is 12.2. The number of hydrogen-bond acceptors (Lipinski definition) is 4. The molecule has 8 heteroatoms. The minimum absolute atomic E-state index is 0.283. The first kappa shape index (κ1) is 14.5. The van der Waals surface area contributed by atoms with E-state index in [0.717, 1.165) is 10.7 Å². The number of aromatic carboxylic acids is 1. The molecule has 0 amide bonds. The number of nitrogens with two attached hydrogens (primary N) is 1. The summed E-state index contributed by atoms with van der Waals surface area (Å²) in [5.41, 5.74) is 5.07. The topological polar surface area (TPSA) is 88.2 Å². The predicted molar refractivity (Wildman–Crippen MR) is 78.0 cm³/mol. The van der Waals surface area contributed by atoms with Gasteiger partial charge in [0, 0.05) is 10.7 Å². The summed E-state index contributed by atoms with van der Waals surface area (Å²) in [7, 11) is 0. The number of nitrogens with zero attached hydrogens (tertiary/aromatic N) is 1. The summed E-state index contributed by atoms with van der Waals surface area (Å²) in [4.78, 5) is 14.6. The minimum atomic E-state index is -1.33. The van der Waals surface area contributed by atoms with E-state index in [2.05, 4.69) is 26.2 Å². The summed E-state index contributed by atoms with van der Waals surface area (Å²) < 4.78 is 14.7. The van der Waals surface area contributed by atoms with Gasteiger partial charge in [-0.3, -0.25) is 0 Å². The van der Waals surface area contributed by atoms with Crippen LogP contribution in [0.2, 0.25) is 5.02 Å². The van der Waals surface area contributed by atoms with Gasteiger partial charge in [0.2, 0.25) is 0 Å². The lowest BCUT2D eigenvalue weighted by Gasteiger charge is -2.13. The van der Waals surface area contributed by atoms with Gasteiger partial charge in [0.15, 0.2) is 11.6 Å². The van der Waals surface area contributed by atoms with Crippen LogP contribution in [0, 0.1) is 5.82 Å². The molecule has 0 spiro atoms. The number of pyridine rings is 1. The fraction of sp³-hybridized carbons (Fsp3) is 0. The summed E-state index contributed by atoms with van der Waals surface area (Å²) >= 11 is 9.23. The monoisotopic (exact) mass is 359 g/mol. The Morgan fingerprint density at radius 3 is 2.80 bits per heavy atom. The molecular weight excluding hydrogens is 353 g/mol. The van der Waals surface area contributed by atoms with Crippen LogP contribution >= 0.6 is 27.5 Å². The van der Waals surface area contributed by atoms with Gasteiger partial charge in [-0.1, -0.05) is 27.5 Å². The van der Waals surface area contributed by atoms with Crippen LogP contribution in [0.5, 0.6) is 0 Å². The number of nitrogen functional groups attached to an aromatic ring is 1. The van der Waals surface area contributed by atoms with Crippen molar-refractivity contribution in [2.24, 2.45) is 0 Å². The van der Waals surface area contributed by atoms with E-state index >= 15 is 0 Å². The normalized spacial score (nSPS) is 10.3. The number of hydrogen-bond donors (Lipinski definition) is 3. The van der Waals surface area contributed by atoms with Crippen molar-refractivity contribution in [3.8, 4) is 0 Å². The number of carboxylic acid groups (broad SMARTS) is 1. The molecule has 0 unspecified atom stereocenters. The van der Waals surface area contributed by atoms with Gasteiger partial charge >= 0.3 is 5.97 Å². The molecule has 4 N–H and O–H groups in total. The number of carboxylic acids is 1. The van der Waals surface area contributed by atoms with Crippen LogP contribution in [0.15, 0.2) is 28.9 Å². The molecule has 2 aromatic rings. The maximum absolute atomic E-state index is 14.0. The van der Waals surface area contributed by atoms with Crippen molar-refractivity contribution < 1.29 is 14.3 Å². The first-order chi connectivity index (χ1) is 9.40. The molecule has 1 heterocycles. The molecular formula is C12H8BrClFN3O2. The molecule has 5 nitrogen and oxygen atoms in total. The van der Waals surface area contributed by atoms with Crippen LogP contribution in [-0.4, -0.2) is 16.1 Å². The van der Waals surface area contributed by atoms with Gasteiger partial charge in [-0.2, -0.15) is 0 Å². The van der Waals surface area contributed by atoms with E-state index in [1.165, 1.54) is 0 Å². The van der Waals surface area contributed by atoms with Crippen LogP contribution in [0.3, 0.4) is 0 Å². The molecule has 0 atom stereocenters. The molecule has 0 saturated heterocycles. The standard InChI is InChI=1S/C12H8BrClFN3O2/c13-5-1-2-8(7(14)3-5)18-10-6(12(19)20)4-17-11(16)9(10)15/h1-4H,(H,19,20)(H3,16,17,18). The Bertz CT molecular complexity index is 697. The third-order valence-electron chi connectivity index (χ3n) is 2.47. The molecule has 0 fully saturated rings. The summed E-state index contributed by atoms with van der Waals surface area (Å²) in [6.07, 6.45) is 0.982. The largest absolute Gasteiger partial charge is 0.478 e. The summed E-state index contributed by atoms with van der Waals surface area (Å²) in [6.45, 7) is 0. The molecule has 1 aromatic carbocycles. The van der Waals surface area contributed by atoms with Gasteiger partial charge in [0.05, 0.1) is 16.4 Å². The summed E-state index contributed by atoms with van der Waals surface area (Å²) in [6, 6.07) is 4.85. The Kier molecular flexibility index (Phi) is 4.10. The quantitative estimate of drug-likeness (QED) is 0.777. The van der Waals surface area contributed by atoms with E-state index in [1.807, 2.05) is 0 Å². The van der Waals surface area contributed by atoms with Gasteiger partial charge in [0.1, 0.15) is 5.56 Å². The maximum atomic E-state index is 14.0. The Morgan fingerprint density at radius 2 is 2.20 bits per heavy atom. The van der Waals surface area contributed by atoms with Crippen molar-refractivity contribution in [2.45, 2.75) is 0 Å². The van der Waals surface area contributed by atoms with Crippen molar-refractivity contribution in [1.29, 1.82) is 0 Å². The predicted octanol–water partition coefficient (Wildman–Crippen LogP) is 3.66. The van der Waals surface area contributed by atoms with Crippen LogP contribution in [0.1, 0.15) is 10.4 Å². The van der Waals surface area contributed by atoms with E-state index in [0.29, 0.717) is 10.7 Å². The number of rotatable bonds is 3. The molecule has 20 heavy (non-hydrogen) atoms. The lowest BCUT2D eigenvalue weighted by atomic mass is 10.2. The molecule has 0 radical (unpaired) electrons. The third-order valence-corrected chi connectivity index (χ3v) is 3.27. The van der Waals surface area contributed by atoms with Crippen molar-refractivity contribution in [2.75, 3.05) is 11.1 Å². The smallest absolute Gasteiger partial charge is 0.339 e. The lowest BCUT2D eigenvalue weighted by molar-refractivity contribution is 0.0697. The second-order valence-corrected chi connectivity index (χ2v) is 5.12. The first-order valence-corrected chi connectivity index (χ1v) is 6.46. The average Bonchev–Trinajstić information content (AvgIpc) is 2.37. The lowest BCUT2D eigenvalue weighted by Crippen LogP contribution is -2.09. The molecule has 2 rings (SSSR count). The summed E-state index contributed by atoms with van der Waals surface area (Å²) in [5, 5.41) is 12.0. The van der Waals surface area contributed by atoms with Crippen molar-refractivity contribution >= 4 is 50.7 Å². The molecule has 0 aliphatic rings. The highest BCUT2D eigenvalue weighted by Crippen LogP contribution is 2.32. The minimum Gasteiger partial charge on any atom is -0.478 e. The number of halogens is 3. The molecule has 0 aliphatic heterocycles. The maximum Gasteiger partial charge on any atom is 0.339 e. The van der Waals surface area contributed by atoms with Crippen molar-refractivity contribution in [1.82, 2.24) is 4.98 Å². The van der Waals surface area contributed by atoms with Gasteiger partial charge in [-0.25, -0.2) is 14.2 Å². The van der Waals surface area contributed by atoms with E-state index in [4.69, 9.17) is 22.4 Å². The van der Waals surface area contributed by atoms with Gasteiger partial charge in [-0.05, 0) is 18.2 Å². The fourth-order valence-electron chi connectivity index (χ4n) is 1.51. The van der Waals surface area contributed by atoms with E-state index in [-0.39, 0.29) is 11.3 Å². The van der Waals surface area contributed by atoms with Gasteiger partial charge in [-0.15, -0.1) is 0 Å². The second kappa shape index (κ2) is 5.64. The van der Waals surface area contributed by atoms with Crippen LogP contribution in [0.4, 0.5) is 21.6 Å². The van der Waals surface area contributed by atoms with Crippen LogP contribution < -0.4 is 11.1 Å². The van der Waals surface area contributed by atoms with E-state index in [9.17, 15) is 9.18 Å². The highest BCUT2D eigenvalue weighted by molar-refractivity contribution is 9.10. The van der Waals surface area contributed by atoms with E-state index < -0.39 is 17.6 Å². The number of aromatic nitrogens is 1. The molecule has 0 bridgehead atoms. The van der Waals surface area contributed by atoms with Crippen molar-refractivity contribution in [3.05, 3.63) is 45.3 Å². The van der Waals surface area contributed by atoms with E-state index in [1.54, 1.807) is 18.2 Å². The SMILES string of the molecule is Nc1ncc(C(=O)O)c(Nc2ccc(Br)cc2Cl)c1F. The number of nitrogens with one attached hydrogen (secondary N) is 1. The second-order valence-electron chi connectivity index (χ2n) is 3.80. The third kappa shape index (κ3) is 2.83. The summed E-state index contributed by atoms with van der Waals surface area (Å²) in [5.74, 6) is -2.67. The number of carbonyl (C=O) groups is 1. The van der Waals surface area contributed by atoms with Gasteiger partial charge < -0.3 is 16.2 Å². The Hall–Kier alpha value is -1.86.